The molecule has 1 N–H and O–H groups in total. The van der Waals surface area contributed by atoms with Crippen LogP contribution in [0.1, 0.15) is 33.8 Å². The van der Waals surface area contributed by atoms with Crippen molar-refractivity contribution in [2.24, 2.45) is 0 Å². The van der Waals surface area contributed by atoms with Crippen molar-refractivity contribution in [2.45, 2.75) is 23.6 Å². The number of hydrogen-bond acceptors (Lipinski definition) is 4. The number of carbonyl (C=O) groups excluding carboxylic acids is 2. The first-order valence-electron chi connectivity index (χ1n) is 10.7. The van der Waals surface area contributed by atoms with Gasteiger partial charge in [0.05, 0.1) is 11.4 Å². The molecule has 1 fully saturated rings. The molecule has 0 radical (unpaired) electrons. The third-order valence-electron chi connectivity index (χ3n) is 5.35. The molecule has 1 heterocycles. The number of nitrogens with one attached hydrogen (secondary N) is 1. The molecule has 1 aliphatic heterocycles. The van der Waals surface area contributed by atoms with Gasteiger partial charge in [0.15, 0.2) is 0 Å². The lowest BCUT2D eigenvalue weighted by atomic mass is 10.1. The summed E-state index contributed by atoms with van der Waals surface area (Å²) in [6.07, 6.45) is 0.833. The van der Waals surface area contributed by atoms with Gasteiger partial charge in [-0.3, -0.25) is 9.59 Å². The first kappa shape index (κ1) is 22.5. The van der Waals surface area contributed by atoms with E-state index in [0.717, 1.165) is 28.3 Å². The SMILES string of the molecule is CCSc1ccccc1NC(=O)c1ccc([C@H]2SCC(=O)N2CCc2ccccc2)cc1. The highest BCUT2D eigenvalue weighted by molar-refractivity contribution is 8.00. The molecular weight excluding hydrogens is 436 g/mol. The molecular formula is C26H26N2O2S2. The molecule has 0 saturated carbocycles. The maximum Gasteiger partial charge on any atom is 0.255 e. The molecule has 1 atom stereocenters. The standard InChI is InChI=1S/C26H26N2O2S2/c1-2-31-23-11-7-6-10-22(23)27-25(30)20-12-14-21(15-13-20)26-28(24(29)18-32-26)17-16-19-8-4-3-5-9-19/h3-15,26H,2,16-18H2,1H3,(H,27,30)/t26-/m1/s1. The number of amides is 2. The van der Waals surface area contributed by atoms with Crippen molar-refractivity contribution in [1.82, 2.24) is 4.90 Å². The van der Waals surface area contributed by atoms with E-state index >= 15 is 0 Å². The smallest absolute Gasteiger partial charge is 0.255 e. The van der Waals surface area contributed by atoms with Gasteiger partial charge in [0.25, 0.3) is 5.91 Å². The van der Waals surface area contributed by atoms with Crippen molar-refractivity contribution in [1.29, 1.82) is 0 Å². The maximum absolute atomic E-state index is 12.8. The summed E-state index contributed by atoms with van der Waals surface area (Å²) >= 11 is 3.35. The lowest BCUT2D eigenvalue weighted by Crippen LogP contribution is -2.30. The predicted molar refractivity (Wildman–Crippen MR) is 134 cm³/mol. The van der Waals surface area contributed by atoms with Gasteiger partial charge in [-0.1, -0.05) is 61.5 Å². The normalized spacial score (nSPS) is 15.7. The Morgan fingerprint density at radius 2 is 1.75 bits per heavy atom. The van der Waals surface area contributed by atoms with Gasteiger partial charge < -0.3 is 10.2 Å². The van der Waals surface area contributed by atoms with Crippen LogP contribution < -0.4 is 5.32 Å². The Hall–Kier alpha value is -2.70. The van der Waals surface area contributed by atoms with Crippen LogP contribution in [0.5, 0.6) is 0 Å². The maximum atomic E-state index is 12.8. The molecule has 1 saturated heterocycles. The van der Waals surface area contributed by atoms with E-state index in [4.69, 9.17) is 0 Å². The minimum absolute atomic E-state index is 0.00926. The zero-order valence-electron chi connectivity index (χ0n) is 18.0. The largest absolute Gasteiger partial charge is 0.326 e. The molecule has 4 nitrogen and oxygen atoms in total. The minimum atomic E-state index is -0.128. The lowest BCUT2D eigenvalue weighted by Gasteiger charge is -2.24. The van der Waals surface area contributed by atoms with Gasteiger partial charge in [0, 0.05) is 17.0 Å². The van der Waals surface area contributed by atoms with Crippen LogP contribution in [0.4, 0.5) is 5.69 Å². The molecule has 1 aliphatic rings. The second-order valence-corrected chi connectivity index (χ2v) is 9.87. The van der Waals surface area contributed by atoms with Crippen molar-refractivity contribution >= 4 is 41.0 Å². The molecule has 0 aromatic heterocycles. The van der Waals surface area contributed by atoms with E-state index in [2.05, 4.69) is 24.4 Å². The predicted octanol–water partition coefficient (Wildman–Crippen LogP) is 5.87. The van der Waals surface area contributed by atoms with Crippen LogP contribution in [0, 0.1) is 0 Å². The van der Waals surface area contributed by atoms with Gasteiger partial charge in [-0.2, -0.15) is 0 Å². The summed E-state index contributed by atoms with van der Waals surface area (Å²) < 4.78 is 0. The molecule has 0 unspecified atom stereocenters. The fraction of sp³-hybridized carbons (Fsp3) is 0.231. The van der Waals surface area contributed by atoms with Crippen molar-refractivity contribution in [3.8, 4) is 0 Å². The van der Waals surface area contributed by atoms with Crippen molar-refractivity contribution in [3.05, 3.63) is 95.6 Å². The van der Waals surface area contributed by atoms with E-state index in [-0.39, 0.29) is 17.2 Å². The molecule has 0 aliphatic carbocycles. The van der Waals surface area contributed by atoms with E-state index in [1.165, 1.54) is 5.56 Å². The van der Waals surface area contributed by atoms with E-state index in [9.17, 15) is 9.59 Å². The Balaban J connectivity index is 1.43. The van der Waals surface area contributed by atoms with Crippen molar-refractivity contribution in [2.75, 3.05) is 23.4 Å². The second-order valence-electron chi connectivity index (χ2n) is 7.49. The number of rotatable bonds is 8. The van der Waals surface area contributed by atoms with Crippen LogP contribution in [0.15, 0.2) is 83.8 Å². The average Bonchev–Trinajstić information content (AvgIpc) is 3.20. The molecule has 0 spiro atoms. The summed E-state index contributed by atoms with van der Waals surface area (Å²) in [6.45, 7) is 2.78. The minimum Gasteiger partial charge on any atom is -0.326 e. The average molecular weight is 463 g/mol. The van der Waals surface area contributed by atoms with Gasteiger partial charge in [-0.25, -0.2) is 0 Å². The summed E-state index contributed by atoms with van der Waals surface area (Å²) in [6, 6.07) is 25.7. The Bertz CT molecular complexity index is 1070. The highest BCUT2D eigenvalue weighted by Crippen LogP contribution is 2.38. The molecule has 32 heavy (non-hydrogen) atoms. The Labute approximate surface area is 197 Å². The van der Waals surface area contributed by atoms with Crippen LogP contribution >= 0.6 is 23.5 Å². The number of carbonyl (C=O) groups is 2. The molecule has 6 heteroatoms. The van der Waals surface area contributed by atoms with Gasteiger partial charge in [0.1, 0.15) is 5.37 Å². The quantitative estimate of drug-likeness (QED) is 0.426. The van der Waals surface area contributed by atoms with Crippen LogP contribution in [0.2, 0.25) is 0 Å². The van der Waals surface area contributed by atoms with Crippen LogP contribution in [0.25, 0.3) is 0 Å². The number of hydrogen-bond donors (Lipinski definition) is 1. The summed E-state index contributed by atoms with van der Waals surface area (Å²) in [5.41, 5.74) is 3.71. The number of nitrogens with zero attached hydrogens (tertiary/aromatic N) is 1. The van der Waals surface area contributed by atoms with Gasteiger partial charge in [0.2, 0.25) is 5.91 Å². The monoisotopic (exact) mass is 462 g/mol. The first-order chi connectivity index (χ1) is 15.7. The molecule has 164 valence electrons. The summed E-state index contributed by atoms with van der Waals surface area (Å²) in [4.78, 5) is 28.3. The molecule has 3 aromatic rings. The highest BCUT2D eigenvalue weighted by Gasteiger charge is 2.32. The zero-order valence-corrected chi connectivity index (χ0v) is 19.6. The van der Waals surface area contributed by atoms with E-state index in [1.54, 1.807) is 23.5 Å². The van der Waals surface area contributed by atoms with Gasteiger partial charge >= 0.3 is 0 Å². The van der Waals surface area contributed by atoms with Crippen LogP contribution in [-0.4, -0.2) is 34.8 Å². The lowest BCUT2D eigenvalue weighted by molar-refractivity contribution is -0.128. The molecule has 3 aromatic carbocycles. The number of anilines is 1. The summed E-state index contributed by atoms with van der Waals surface area (Å²) in [5.74, 6) is 1.48. The molecule has 4 rings (SSSR count). The third kappa shape index (κ3) is 5.37. The summed E-state index contributed by atoms with van der Waals surface area (Å²) in [7, 11) is 0. The fourth-order valence-electron chi connectivity index (χ4n) is 3.71. The first-order valence-corrected chi connectivity index (χ1v) is 12.8. The van der Waals surface area contributed by atoms with Crippen molar-refractivity contribution in [3.63, 3.8) is 0 Å². The number of para-hydroxylation sites is 1. The highest BCUT2D eigenvalue weighted by atomic mass is 32.2. The Morgan fingerprint density at radius 3 is 2.50 bits per heavy atom. The van der Waals surface area contributed by atoms with Gasteiger partial charge in [-0.15, -0.1) is 23.5 Å². The Kier molecular flexibility index (Phi) is 7.55. The Morgan fingerprint density at radius 1 is 1.03 bits per heavy atom. The van der Waals surface area contributed by atoms with E-state index in [1.807, 2.05) is 71.6 Å². The van der Waals surface area contributed by atoms with Gasteiger partial charge in [-0.05, 0) is 47.6 Å². The van der Waals surface area contributed by atoms with Crippen LogP contribution in [-0.2, 0) is 11.2 Å². The molecule has 0 bridgehead atoms. The fourth-order valence-corrected chi connectivity index (χ4v) is 5.69. The number of benzene rings is 3. The van der Waals surface area contributed by atoms with E-state index in [0.29, 0.717) is 17.9 Å². The van der Waals surface area contributed by atoms with E-state index < -0.39 is 0 Å². The molecule has 2 amide bonds. The number of thioether (sulfide) groups is 2. The summed E-state index contributed by atoms with van der Waals surface area (Å²) in [5, 5.41) is 3.02. The third-order valence-corrected chi connectivity index (χ3v) is 7.56. The van der Waals surface area contributed by atoms with Crippen LogP contribution in [0.3, 0.4) is 0 Å². The second kappa shape index (κ2) is 10.7. The zero-order chi connectivity index (χ0) is 22.3. The van der Waals surface area contributed by atoms with Crippen molar-refractivity contribution < 1.29 is 9.59 Å². The topological polar surface area (TPSA) is 49.4 Å².